The van der Waals surface area contributed by atoms with Crippen LogP contribution in [0, 0.1) is 0 Å². The number of furan rings is 1. The fourth-order valence-electron chi connectivity index (χ4n) is 3.56. The van der Waals surface area contributed by atoms with Crippen molar-refractivity contribution >= 4 is 21.8 Å². The molecule has 0 fully saturated rings. The van der Waals surface area contributed by atoms with Gasteiger partial charge in [-0.15, -0.1) is 0 Å². The number of hydrogen-bond acceptors (Lipinski definition) is 6. The first kappa shape index (κ1) is 27.0. The Hall–Kier alpha value is -3.63. The molecule has 1 N–H and O–H groups in total. The lowest BCUT2D eigenvalue weighted by atomic mass is 10.1. The molecule has 1 atom stereocenters. The molecule has 1 aromatic heterocycles. The van der Waals surface area contributed by atoms with E-state index >= 15 is 0 Å². The molecule has 3 rings (SSSR count). The van der Waals surface area contributed by atoms with Gasteiger partial charge in [-0.2, -0.15) is 4.31 Å². The lowest BCUT2D eigenvalue weighted by Gasteiger charge is -2.31. The van der Waals surface area contributed by atoms with E-state index < -0.39 is 28.5 Å². The predicted octanol–water partition coefficient (Wildman–Crippen LogP) is 2.78. The molecule has 10 heteroatoms. The average Bonchev–Trinajstić information content (AvgIpc) is 3.39. The van der Waals surface area contributed by atoms with Gasteiger partial charge in [0.15, 0.2) is 0 Å². The van der Waals surface area contributed by atoms with Crippen LogP contribution in [0.5, 0.6) is 5.75 Å². The summed E-state index contributed by atoms with van der Waals surface area (Å²) in [4.78, 5) is 27.8. The second kappa shape index (κ2) is 12.4. The maximum Gasteiger partial charge on any atom is 0.242 e. The van der Waals surface area contributed by atoms with Crippen molar-refractivity contribution in [1.29, 1.82) is 0 Å². The molecule has 2 aromatic carbocycles. The average molecular weight is 514 g/mol. The smallest absolute Gasteiger partial charge is 0.242 e. The highest BCUT2D eigenvalue weighted by molar-refractivity contribution is 7.88. The Morgan fingerprint density at radius 2 is 1.64 bits per heavy atom. The van der Waals surface area contributed by atoms with Gasteiger partial charge in [-0.05, 0) is 42.3 Å². The van der Waals surface area contributed by atoms with Crippen LogP contribution in [-0.2, 0) is 39.2 Å². The molecule has 1 unspecified atom stereocenters. The van der Waals surface area contributed by atoms with Gasteiger partial charge in [0.2, 0.25) is 21.8 Å². The molecule has 0 aliphatic carbocycles. The van der Waals surface area contributed by atoms with Crippen molar-refractivity contribution in [2.75, 3.05) is 19.9 Å². The molecular formula is C26H31N3O6S. The first-order chi connectivity index (χ1) is 17.2. The number of sulfonamides is 1. The van der Waals surface area contributed by atoms with Crippen LogP contribution in [0.15, 0.2) is 77.4 Å². The van der Waals surface area contributed by atoms with Gasteiger partial charge in [0.25, 0.3) is 0 Å². The van der Waals surface area contributed by atoms with Crippen LogP contribution in [0.25, 0.3) is 0 Å². The van der Waals surface area contributed by atoms with E-state index in [0.29, 0.717) is 11.5 Å². The highest BCUT2D eigenvalue weighted by Gasteiger charge is 2.30. The van der Waals surface area contributed by atoms with Crippen molar-refractivity contribution < 1.29 is 27.2 Å². The number of methoxy groups -OCH3 is 1. The van der Waals surface area contributed by atoms with E-state index in [2.05, 4.69) is 5.32 Å². The first-order valence-electron chi connectivity index (χ1n) is 11.4. The number of carbonyl (C=O) groups is 2. The zero-order valence-electron chi connectivity index (χ0n) is 20.6. The standard InChI is InChI=1S/C26H31N3O6S/c1-20(26(31)27-16-24-10-7-15-35-24)29(18-22-11-13-23(34-2)14-12-22)25(30)19-28(36(3,32)33)17-21-8-5-4-6-9-21/h4-15,20H,16-19H2,1-3H3,(H,27,31). The highest BCUT2D eigenvalue weighted by atomic mass is 32.2. The Labute approximate surface area is 211 Å². The Bertz CT molecular complexity index is 1230. The normalized spacial score (nSPS) is 12.2. The monoisotopic (exact) mass is 513 g/mol. The van der Waals surface area contributed by atoms with Gasteiger partial charge >= 0.3 is 0 Å². The Kier molecular flexibility index (Phi) is 9.26. The minimum absolute atomic E-state index is 0.0425. The number of hydrogen-bond donors (Lipinski definition) is 1. The van der Waals surface area contributed by atoms with Crippen molar-refractivity contribution in [1.82, 2.24) is 14.5 Å². The van der Waals surface area contributed by atoms with Crippen LogP contribution in [0.1, 0.15) is 23.8 Å². The fourth-order valence-corrected chi connectivity index (χ4v) is 4.29. The molecule has 0 saturated carbocycles. The Morgan fingerprint density at radius 1 is 0.972 bits per heavy atom. The molecule has 0 bridgehead atoms. The van der Waals surface area contributed by atoms with E-state index in [1.54, 1.807) is 74.7 Å². The Balaban J connectivity index is 1.81. The van der Waals surface area contributed by atoms with E-state index in [9.17, 15) is 18.0 Å². The van der Waals surface area contributed by atoms with Crippen LogP contribution in [0.4, 0.5) is 0 Å². The maximum absolute atomic E-state index is 13.5. The number of nitrogens with zero attached hydrogens (tertiary/aromatic N) is 2. The van der Waals surface area contributed by atoms with Crippen LogP contribution < -0.4 is 10.1 Å². The molecule has 1 heterocycles. The number of ether oxygens (including phenoxy) is 1. The van der Waals surface area contributed by atoms with Crippen molar-refractivity contribution in [2.45, 2.75) is 32.6 Å². The van der Waals surface area contributed by atoms with Crippen molar-refractivity contribution in [3.63, 3.8) is 0 Å². The SMILES string of the molecule is COc1ccc(CN(C(=O)CN(Cc2ccccc2)S(C)(=O)=O)C(C)C(=O)NCc2ccco2)cc1. The highest BCUT2D eigenvalue weighted by Crippen LogP contribution is 2.16. The molecule has 36 heavy (non-hydrogen) atoms. The van der Waals surface area contributed by atoms with Gasteiger partial charge in [0, 0.05) is 13.1 Å². The lowest BCUT2D eigenvalue weighted by Crippen LogP contribution is -2.50. The van der Waals surface area contributed by atoms with Crippen molar-refractivity contribution in [2.24, 2.45) is 0 Å². The zero-order valence-corrected chi connectivity index (χ0v) is 21.4. The van der Waals surface area contributed by atoms with Crippen LogP contribution in [0.3, 0.4) is 0 Å². The third-order valence-corrected chi connectivity index (χ3v) is 6.87. The number of rotatable bonds is 12. The number of carbonyl (C=O) groups excluding carboxylic acids is 2. The third-order valence-electron chi connectivity index (χ3n) is 5.68. The summed E-state index contributed by atoms with van der Waals surface area (Å²) in [6.07, 6.45) is 2.58. The van der Waals surface area contributed by atoms with E-state index in [1.165, 1.54) is 11.2 Å². The summed E-state index contributed by atoms with van der Waals surface area (Å²) in [6.45, 7) is 1.53. The van der Waals surface area contributed by atoms with Crippen LogP contribution in [-0.4, -0.2) is 55.4 Å². The van der Waals surface area contributed by atoms with Gasteiger partial charge in [-0.1, -0.05) is 42.5 Å². The molecule has 2 amide bonds. The zero-order chi connectivity index (χ0) is 26.1. The summed E-state index contributed by atoms with van der Waals surface area (Å²) in [5.41, 5.74) is 1.52. The van der Waals surface area contributed by atoms with E-state index in [0.717, 1.165) is 21.7 Å². The van der Waals surface area contributed by atoms with E-state index in [4.69, 9.17) is 9.15 Å². The second-order valence-electron chi connectivity index (χ2n) is 8.36. The predicted molar refractivity (Wildman–Crippen MR) is 135 cm³/mol. The molecule has 0 radical (unpaired) electrons. The molecular weight excluding hydrogens is 482 g/mol. The summed E-state index contributed by atoms with van der Waals surface area (Å²) in [6, 6.07) is 18.7. The minimum Gasteiger partial charge on any atom is -0.497 e. The molecule has 0 saturated heterocycles. The topological polar surface area (TPSA) is 109 Å². The van der Waals surface area contributed by atoms with Crippen LogP contribution >= 0.6 is 0 Å². The number of benzene rings is 2. The molecule has 9 nitrogen and oxygen atoms in total. The molecule has 0 spiro atoms. The van der Waals surface area contributed by atoms with Gasteiger partial charge in [-0.25, -0.2) is 8.42 Å². The summed E-state index contributed by atoms with van der Waals surface area (Å²) < 4.78 is 36.6. The largest absolute Gasteiger partial charge is 0.497 e. The maximum atomic E-state index is 13.5. The molecule has 0 aliphatic heterocycles. The number of amides is 2. The Morgan fingerprint density at radius 3 is 2.22 bits per heavy atom. The molecule has 192 valence electrons. The van der Waals surface area contributed by atoms with Gasteiger partial charge in [-0.3, -0.25) is 9.59 Å². The van der Waals surface area contributed by atoms with Crippen molar-refractivity contribution in [3.05, 3.63) is 89.9 Å². The summed E-state index contributed by atoms with van der Waals surface area (Å²) in [5.74, 6) is 0.358. The van der Waals surface area contributed by atoms with Crippen LogP contribution in [0.2, 0.25) is 0 Å². The van der Waals surface area contributed by atoms with E-state index in [-0.39, 0.29) is 25.5 Å². The fraction of sp³-hybridized carbons (Fsp3) is 0.308. The minimum atomic E-state index is -3.70. The van der Waals surface area contributed by atoms with Gasteiger partial charge < -0.3 is 19.4 Å². The molecule has 3 aromatic rings. The molecule has 0 aliphatic rings. The summed E-state index contributed by atoms with van der Waals surface area (Å²) in [5, 5.41) is 2.77. The van der Waals surface area contributed by atoms with E-state index in [1.807, 2.05) is 6.07 Å². The van der Waals surface area contributed by atoms with Gasteiger partial charge in [0.05, 0.1) is 32.7 Å². The van der Waals surface area contributed by atoms with Crippen molar-refractivity contribution in [3.8, 4) is 5.75 Å². The van der Waals surface area contributed by atoms with Gasteiger partial charge in [0.1, 0.15) is 17.6 Å². The summed E-state index contributed by atoms with van der Waals surface area (Å²) >= 11 is 0. The quantitative estimate of drug-likeness (QED) is 0.399. The number of nitrogens with one attached hydrogen (secondary N) is 1. The second-order valence-corrected chi connectivity index (χ2v) is 10.3. The first-order valence-corrected chi connectivity index (χ1v) is 13.2. The third kappa shape index (κ3) is 7.69. The summed E-state index contributed by atoms with van der Waals surface area (Å²) in [7, 11) is -2.14. The lowest BCUT2D eigenvalue weighted by molar-refractivity contribution is -0.140.